The smallest absolute Gasteiger partial charge is 0.163 e. The Hall–Kier alpha value is -1.42. The lowest BCUT2D eigenvalue weighted by Crippen LogP contribution is -2.04. The van der Waals surface area contributed by atoms with Gasteiger partial charge in [-0.25, -0.2) is 8.78 Å². The highest BCUT2D eigenvalue weighted by Gasteiger charge is 2.08. The Kier molecular flexibility index (Phi) is 3.97. The van der Waals surface area contributed by atoms with E-state index in [0.717, 1.165) is 21.8 Å². The first-order valence-electron chi connectivity index (χ1n) is 5.51. The molecule has 0 bridgehead atoms. The average Bonchev–Trinajstić information content (AvgIpc) is 2.36. The van der Waals surface area contributed by atoms with Gasteiger partial charge in [-0.1, -0.05) is 34.1 Å². The third kappa shape index (κ3) is 2.70. The van der Waals surface area contributed by atoms with Crippen molar-refractivity contribution in [2.24, 2.45) is 0 Å². The van der Waals surface area contributed by atoms with Gasteiger partial charge < -0.3 is 5.32 Å². The minimum absolute atomic E-state index is 0.251. The number of hydrogen-bond donors (Lipinski definition) is 1. The Bertz CT molecular complexity index is 518. The van der Waals surface area contributed by atoms with Gasteiger partial charge in [0.15, 0.2) is 11.6 Å². The Labute approximate surface area is 113 Å². The van der Waals surface area contributed by atoms with Crippen molar-refractivity contribution >= 4 is 21.6 Å². The van der Waals surface area contributed by atoms with Crippen LogP contribution in [0.2, 0.25) is 0 Å². The SMILES string of the molecule is Cc1c(Br)cccc1NCc1cccc(F)c1F. The molecule has 0 amide bonds. The summed E-state index contributed by atoms with van der Waals surface area (Å²) in [5, 5.41) is 3.10. The van der Waals surface area contributed by atoms with Crippen LogP contribution in [0.25, 0.3) is 0 Å². The van der Waals surface area contributed by atoms with Gasteiger partial charge in [0.2, 0.25) is 0 Å². The topological polar surface area (TPSA) is 12.0 Å². The Morgan fingerprint density at radius 1 is 1.11 bits per heavy atom. The van der Waals surface area contributed by atoms with Crippen molar-refractivity contribution in [3.05, 3.63) is 63.6 Å². The van der Waals surface area contributed by atoms with Crippen LogP contribution in [0, 0.1) is 18.6 Å². The molecule has 0 fully saturated rings. The zero-order valence-electron chi connectivity index (χ0n) is 9.81. The fourth-order valence-corrected chi connectivity index (χ4v) is 2.04. The highest BCUT2D eigenvalue weighted by Crippen LogP contribution is 2.24. The largest absolute Gasteiger partial charge is 0.381 e. The van der Waals surface area contributed by atoms with Gasteiger partial charge in [0.25, 0.3) is 0 Å². The maximum Gasteiger partial charge on any atom is 0.163 e. The van der Waals surface area contributed by atoms with Gasteiger partial charge in [-0.3, -0.25) is 0 Å². The van der Waals surface area contributed by atoms with E-state index in [0.29, 0.717) is 5.56 Å². The highest BCUT2D eigenvalue weighted by atomic mass is 79.9. The number of hydrogen-bond acceptors (Lipinski definition) is 1. The van der Waals surface area contributed by atoms with Crippen LogP contribution < -0.4 is 5.32 Å². The van der Waals surface area contributed by atoms with E-state index in [9.17, 15) is 8.78 Å². The van der Waals surface area contributed by atoms with Crippen molar-refractivity contribution in [2.45, 2.75) is 13.5 Å². The van der Waals surface area contributed by atoms with E-state index in [-0.39, 0.29) is 6.54 Å². The van der Waals surface area contributed by atoms with E-state index in [1.54, 1.807) is 6.07 Å². The van der Waals surface area contributed by atoms with Crippen molar-refractivity contribution < 1.29 is 8.78 Å². The van der Waals surface area contributed by atoms with E-state index < -0.39 is 11.6 Å². The second kappa shape index (κ2) is 5.48. The molecule has 18 heavy (non-hydrogen) atoms. The summed E-state index contributed by atoms with van der Waals surface area (Å²) in [5.74, 6) is -1.61. The fourth-order valence-electron chi connectivity index (χ4n) is 1.67. The van der Waals surface area contributed by atoms with Crippen molar-refractivity contribution in [3.8, 4) is 0 Å². The lowest BCUT2D eigenvalue weighted by atomic mass is 10.1. The molecule has 0 aliphatic carbocycles. The third-order valence-electron chi connectivity index (χ3n) is 2.77. The Morgan fingerprint density at radius 3 is 2.61 bits per heavy atom. The summed E-state index contributed by atoms with van der Waals surface area (Å²) in [6.07, 6.45) is 0. The number of nitrogens with one attached hydrogen (secondary N) is 1. The second-order valence-corrected chi connectivity index (χ2v) is 4.83. The van der Waals surface area contributed by atoms with Crippen molar-refractivity contribution in [3.63, 3.8) is 0 Å². The molecule has 94 valence electrons. The molecule has 4 heteroatoms. The van der Waals surface area contributed by atoms with E-state index >= 15 is 0 Å². The third-order valence-corrected chi connectivity index (χ3v) is 3.63. The molecule has 0 aliphatic heterocycles. The maximum absolute atomic E-state index is 13.5. The van der Waals surface area contributed by atoms with Gasteiger partial charge in [0, 0.05) is 22.3 Å². The predicted molar refractivity (Wildman–Crippen MR) is 72.6 cm³/mol. The molecule has 0 aromatic heterocycles. The molecule has 0 saturated carbocycles. The Balaban J connectivity index is 2.17. The van der Waals surface area contributed by atoms with Crippen LogP contribution in [0.1, 0.15) is 11.1 Å². The second-order valence-electron chi connectivity index (χ2n) is 3.98. The molecule has 0 unspecified atom stereocenters. The van der Waals surface area contributed by atoms with Crippen LogP contribution in [-0.4, -0.2) is 0 Å². The van der Waals surface area contributed by atoms with Crippen LogP contribution in [-0.2, 0) is 6.54 Å². The fraction of sp³-hybridized carbons (Fsp3) is 0.143. The molecule has 0 heterocycles. The zero-order valence-corrected chi connectivity index (χ0v) is 11.4. The number of anilines is 1. The molecule has 2 aromatic rings. The first-order chi connectivity index (χ1) is 8.59. The summed E-state index contributed by atoms with van der Waals surface area (Å²) < 4.78 is 27.5. The molecular weight excluding hydrogens is 300 g/mol. The van der Waals surface area contributed by atoms with Crippen LogP contribution in [0.3, 0.4) is 0 Å². The van der Waals surface area contributed by atoms with Gasteiger partial charge in [-0.2, -0.15) is 0 Å². The quantitative estimate of drug-likeness (QED) is 0.870. The van der Waals surface area contributed by atoms with Gasteiger partial charge in [-0.15, -0.1) is 0 Å². The summed E-state index contributed by atoms with van der Waals surface area (Å²) in [6, 6.07) is 9.91. The number of benzene rings is 2. The van der Waals surface area contributed by atoms with Crippen LogP contribution in [0.4, 0.5) is 14.5 Å². The van der Waals surface area contributed by atoms with Gasteiger partial charge in [-0.05, 0) is 30.7 Å². The summed E-state index contributed by atoms with van der Waals surface area (Å²) in [5.41, 5.74) is 2.25. The van der Waals surface area contributed by atoms with Crippen LogP contribution in [0.15, 0.2) is 40.9 Å². The molecule has 0 saturated heterocycles. The summed E-state index contributed by atoms with van der Waals surface area (Å²) in [6.45, 7) is 2.20. The number of rotatable bonds is 3. The van der Waals surface area contributed by atoms with Gasteiger partial charge in [0.1, 0.15) is 0 Å². The molecule has 1 nitrogen and oxygen atoms in total. The standard InChI is InChI=1S/C14H12BrF2N/c1-9-11(15)5-3-7-13(9)18-8-10-4-2-6-12(16)14(10)17/h2-7,18H,8H2,1H3. The summed E-state index contributed by atoms with van der Waals surface area (Å²) >= 11 is 3.42. The van der Waals surface area contributed by atoms with Crippen molar-refractivity contribution in [2.75, 3.05) is 5.32 Å². The minimum Gasteiger partial charge on any atom is -0.381 e. The zero-order chi connectivity index (χ0) is 13.1. The first-order valence-corrected chi connectivity index (χ1v) is 6.31. The predicted octanol–water partition coefficient (Wildman–Crippen LogP) is 4.65. The maximum atomic E-state index is 13.5. The lowest BCUT2D eigenvalue weighted by molar-refractivity contribution is 0.500. The molecule has 0 spiro atoms. The van der Waals surface area contributed by atoms with E-state index in [1.165, 1.54) is 6.07 Å². The normalized spacial score (nSPS) is 10.4. The van der Waals surface area contributed by atoms with E-state index in [1.807, 2.05) is 25.1 Å². The summed E-state index contributed by atoms with van der Waals surface area (Å²) in [4.78, 5) is 0. The average molecular weight is 312 g/mol. The molecule has 2 rings (SSSR count). The molecular formula is C14H12BrF2N. The van der Waals surface area contributed by atoms with Crippen molar-refractivity contribution in [1.29, 1.82) is 0 Å². The van der Waals surface area contributed by atoms with Crippen molar-refractivity contribution in [1.82, 2.24) is 0 Å². The molecule has 0 radical (unpaired) electrons. The first kappa shape index (κ1) is 13.0. The molecule has 1 N–H and O–H groups in total. The monoisotopic (exact) mass is 311 g/mol. The number of halogens is 3. The highest BCUT2D eigenvalue weighted by molar-refractivity contribution is 9.10. The van der Waals surface area contributed by atoms with Gasteiger partial charge in [0.05, 0.1) is 0 Å². The Morgan fingerprint density at radius 2 is 1.83 bits per heavy atom. The van der Waals surface area contributed by atoms with Crippen LogP contribution >= 0.6 is 15.9 Å². The van der Waals surface area contributed by atoms with Crippen LogP contribution in [0.5, 0.6) is 0 Å². The van der Waals surface area contributed by atoms with E-state index in [4.69, 9.17) is 0 Å². The minimum atomic E-state index is -0.819. The summed E-state index contributed by atoms with van der Waals surface area (Å²) in [7, 11) is 0. The van der Waals surface area contributed by atoms with Gasteiger partial charge >= 0.3 is 0 Å². The molecule has 0 atom stereocenters. The lowest BCUT2D eigenvalue weighted by Gasteiger charge is -2.11. The molecule has 2 aromatic carbocycles. The molecule has 0 aliphatic rings. The van der Waals surface area contributed by atoms with E-state index in [2.05, 4.69) is 21.2 Å².